The number of nitrogen functional groups attached to an aromatic ring is 1. The lowest BCUT2D eigenvalue weighted by Crippen LogP contribution is -1.85. The van der Waals surface area contributed by atoms with Crippen LogP contribution in [0.25, 0.3) is 0 Å². The quantitative estimate of drug-likeness (QED) is 0.436. The average Bonchev–Trinajstić information content (AvgIpc) is 2.09. The molecular formula is C10H11NS. The molecule has 2 N–H and O–H groups in total. The van der Waals surface area contributed by atoms with Gasteiger partial charge >= 0.3 is 0 Å². The summed E-state index contributed by atoms with van der Waals surface area (Å²) >= 11 is 1.59. The van der Waals surface area contributed by atoms with Gasteiger partial charge in [0.2, 0.25) is 0 Å². The number of rotatable bonds is 3. The molecule has 0 spiro atoms. The minimum Gasteiger partial charge on any atom is -0.398 e. The van der Waals surface area contributed by atoms with Crippen molar-refractivity contribution in [1.29, 1.82) is 0 Å². The number of nitrogens with two attached hydrogens (primary N) is 1. The molecule has 0 radical (unpaired) electrons. The first-order valence-electron chi connectivity index (χ1n) is 3.63. The van der Waals surface area contributed by atoms with E-state index < -0.39 is 0 Å². The van der Waals surface area contributed by atoms with Crippen LogP contribution >= 0.6 is 11.8 Å². The fourth-order valence-electron chi connectivity index (χ4n) is 0.756. The van der Waals surface area contributed by atoms with Gasteiger partial charge in [-0.05, 0) is 17.5 Å². The van der Waals surface area contributed by atoms with E-state index in [0.29, 0.717) is 0 Å². The van der Waals surface area contributed by atoms with Crippen LogP contribution in [-0.2, 0) is 0 Å². The fraction of sp³-hybridized carbons (Fsp3) is 0. The lowest BCUT2D eigenvalue weighted by molar-refractivity contribution is 1.47. The molecule has 0 fully saturated rings. The molecule has 1 aromatic rings. The molecule has 0 aliphatic rings. The fourth-order valence-corrected chi connectivity index (χ4v) is 1.45. The third-order valence-corrected chi connectivity index (χ3v) is 2.25. The zero-order valence-corrected chi connectivity index (χ0v) is 7.55. The summed E-state index contributed by atoms with van der Waals surface area (Å²) in [6.07, 6.45) is 3.63. The number of benzene rings is 1. The van der Waals surface area contributed by atoms with Crippen LogP contribution in [0.3, 0.4) is 0 Å². The second-order valence-corrected chi connectivity index (χ2v) is 3.17. The maximum Gasteiger partial charge on any atom is 0.0455 e. The molecule has 0 unspecified atom stereocenters. The van der Waals surface area contributed by atoms with E-state index in [0.717, 1.165) is 10.6 Å². The summed E-state index contributed by atoms with van der Waals surface area (Å²) in [5.41, 5.74) is 6.54. The third kappa shape index (κ3) is 2.47. The second kappa shape index (κ2) is 4.67. The van der Waals surface area contributed by atoms with Gasteiger partial charge in [0.05, 0.1) is 0 Å². The van der Waals surface area contributed by atoms with Crippen molar-refractivity contribution in [2.24, 2.45) is 0 Å². The smallest absolute Gasteiger partial charge is 0.0455 e. The summed E-state index contributed by atoms with van der Waals surface area (Å²) in [5.74, 6) is 0. The topological polar surface area (TPSA) is 26.0 Å². The van der Waals surface area contributed by atoms with Crippen molar-refractivity contribution in [3.63, 3.8) is 0 Å². The minimum absolute atomic E-state index is 0.816. The van der Waals surface area contributed by atoms with Gasteiger partial charge in [0.15, 0.2) is 0 Å². The van der Waals surface area contributed by atoms with Crippen LogP contribution in [0.4, 0.5) is 5.69 Å². The van der Waals surface area contributed by atoms with E-state index in [1.165, 1.54) is 0 Å². The molecule has 1 rings (SSSR count). The van der Waals surface area contributed by atoms with Gasteiger partial charge in [0.25, 0.3) is 0 Å². The van der Waals surface area contributed by atoms with E-state index in [1.807, 2.05) is 35.7 Å². The highest BCUT2D eigenvalue weighted by Gasteiger charge is 1.93. The van der Waals surface area contributed by atoms with Gasteiger partial charge < -0.3 is 5.73 Å². The van der Waals surface area contributed by atoms with E-state index in [9.17, 15) is 0 Å². The molecule has 0 bridgehead atoms. The molecule has 62 valence electrons. The number of hydrogen-bond donors (Lipinski definition) is 1. The Morgan fingerprint density at radius 2 is 2.08 bits per heavy atom. The number of thioether (sulfide) groups is 1. The molecule has 0 aromatic heterocycles. The summed E-state index contributed by atoms with van der Waals surface area (Å²) in [5, 5.41) is 1.96. The number of para-hydroxylation sites is 1. The number of allylic oxidation sites excluding steroid dienone is 2. The van der Waals surface area contributed by atoms with Crippen molar-refractivity contribution < 1.29 is 0 Å². The summed E-state index contributed by atoms with van der Waals surface area (Å²) in [4.78, 5) is 1.08. The summed E-state index contributed by atoms with van der Waals surface area (Å²) in [7, 11) is 0. The van der Waals surface area contributed by atoms with E-state index in [4.69, 9.17) is 5.73 Å². The number of anilines is 1. The molecule has 0 aliphatic carbocycles. The Bertz CT molecular complexity index is 292. The van der Waals surface area contributed by atoms with Crippen LogP contribution in [0.1, 0.15) is 0 Å². The van der Waals surface area contributed by atoms with Crippen molar-refractivity contribution in [2.75, 3.05) is 5.73 Å². The van der Waals surface area contributed by atoms with Crippen molar-refractivity contribution >= 4 is 17.4 Å². The summed E-state index contributed by atoms with van der Waals surface area (Å²) in [6.45, 7) is 3.58. The largest absolute Gasteiger partial charge is 0.398 e. The first-order chi connectivity index (χ1) is 5.84. The van der Waals surface area contributed by atoms with Crippen molar-refractivity contribution in [3.8, 4) is 0 Å². The Balaban J connectivity index is 2.69. The normalized spacial score (nSPS) is 10.3. The second-order valence-electron chi connectivity index (χ2n) is 2.22. The average molecular weight is 177 g/mol. The molecule has 0 atom stereocenters. The number of hydrogen-bond acceptors (Lipinski definition) is 2. The van der Waals surface area contributed by atoms with Crippen LogP contribution in [0.2, 0.25) is 0 Å². The van der Waals surface area contributed by atoms with Crippen LogP contribution < -0.4 is 5.73 Å². The van der Waals surface area contributed by atoms with Crippen LogP contribution in [-0.4, -0.2) is 0 Å². The van der Waals surface area contributed by atoms with Crippen molar-refractivity contribution in [1.82, 2.24) is 0 Å². The van der Waals surface area contributed by atoms with Gasteiger partial charge in [0.1, 0.15) is 0 Å². The first kappa shape index (κ1) is 8.94. The molecule has 1 nitrogen and oxygen atoms in total. The first-order valence-corrected chi connectivity index (χ1v) is 4.51. The van der Waals surface area contributed by atoms with Crippen LogP contribution in [0.5, 0.6) is 0 Å². The lowest BCUT2D eigenvalue weighted by atomic mass is 10.3. The van der Waals surface area contributed by atoms with Crippen molar-refractivity contribution in [3.05, 3.63) is 48.4 Å². The molecule has 0 aliphatic heterocycles. The Labute approximate surface area is 77.0 Å². The molecule has 0 saturated carbocycles. The molecular weight excluding hydrogens is 166 g/mol. The predicted octanol–water partition coefficient (Wildman–Crippen LogP) is 3.06. The Morgan fingerprint density at radius 1 is 1.33 bits per heavy atom. The Kier molecular flexibility index (Phi) is 3.48. The summed E-state index contributed by atoms with van der Waals surface area (Å²) < 4.78 is 0. The SMILES string of the molecule is C=CC=CSc1ccccc1N. The Hall–Kier alpha value is -1.15. The van der Waals surface area contributed by atoms with Gasteiger partial charge in [-0.2, -0.15) is 0 Å². The third-order valence-electron chi connectivity index (χ3n) is 1.33. The molecule has 0 saturated heterocycles. The van der Waals surface area contributed by atoms with Gasteiger partial charge in [-0.3, -0.25) is 0 Å². The molecule has 0 amide bonds. The van der Waals surface area contributed by atoms with E-state index in [2.05, 4.69) is 6.58 Å². The predicted molar refractivity (Wildman–Crippen MR) is 56.0 cm³/mol. The highest BCUT2D eigenvalue weighted by molar-refractivity contribution is 8.02. The minimum atomic E-state index is 0.816. The molecule has 2 heteroatoms. The zero-order valence-electron chi connectivity index (χ0n) is 6.73. The van der Waals surface area contributed by atoms with E-state index >= 15 is 0 Å². The van der Waals surface area contributed by atoms with Gasteiger partial charge in [0, 0.05) is 10.6 Å². The summed E-state index contributed by atoms with van der Waals surface area (Å²) in [6, 6.07) is 7.79. The van der Waals surface area contributed by atoms with Gasteiger partial charge in [-0.15, -0.1) is 0 Å². The standard InChI is InChI=1S/C10H11NS/c1-2-3-8-12-10-7-5-4-6-9(10)11/h2-8H,1,11H2. The monoisotopic (exact) mass is 177 g/mol. The molecule has 0 heterocycles. The highest BCUT2D eigenvalue weighted by Crippen LogP contribution is 2.24. The molecule has 12 heavy (non-hydrogen) atoms. The Morgan fingerprint density at radius 3 is 2.75 bits per heavy atom. The van der Waals surface area contributed by atoms with Gasteiger partial charge in [-0.25, -0.2) is 0 Å². The van der Waals surface area contributed by atoms with Crippen LogP contribution in [0, 0.1) is 0 Å². The highest BCUT2D eigenvalue weighted by atomic mass is 32.2. The van der Waals surface area contributed by atoms with Crippen molar-refractivity contribution in [2.45, 2.75) is 4.90 Å². The maximum atomic E-state index is 5.72. The maximum absolute atomic E-state index is 5.72. The lowest BCUT2D eigenvalue weighted by Gasteiger charge is -1.99. The zero-order chi connectivity index (χ0) is 8.81. The van der Waals surface area contributed by atoms with E-state index in [-0.39, 0.29) is 0 Å². The van der Waals surface area contributed by atoms with E-state index in [1.54, 1.807) is 17.8 Å². The molecule has 1 aromatic carbocycles. The van der Waals surface area contributed by atoms with Crippen LogP contribution in [0.15, 0.2) is 53.3 Å². The van der Waals surface area contributed by atoms with Gasteiger partial charge in [-0.1, -0.05) is 42.6 Å².